The van der Waals surface area contributed by atoms with Crippen molar-refractivity contribution in [3.63, 3.8) is 0 Å². The predicted octanol–water partition coefficient (Wildman–Crippen LogP) is 1.59. The van der Waals surface area contributed by atoms with E-state index in [-0.39, 0.29) is 17.9 Å². The van der Waals surface area contributed by atoms with Gasteiger partial charge in [-0.25, -0.2) is 19.6 Å². The third-order valence-electron chi connectivity index (χ3n) is 1.49. The average Bonchev–Trinajstić information content (AvgIpc) is 2.23. The highest BCUT2D eigenvalue weighted by Crippen LogP contribution is 2.07. The van der Waals surface area contributed by atoms with Crippen LogP contribution in [0.1, 0.15) is 13.8 Å². The zero-order valence-corrected chi connectivity index (χ0v) is 11.2. The van der Waals surface area contributed by atoms with Crippen LogP contribution in [-0.4, -0.2) is 47.2 Å². The fourth-order valence-electron chi connectivity index (χ4n) is 0.833. The first-order valence-corrected chi connectivity index (χ1v) is 5.79. The van der Waals surface area contributed by atoms with Crippen LogP contribution in [-0.2, 0) is 9.47 Å². The summed E-state index contributed by atoms with van der Waals surface area (Å²) < 4.78 is 9.43. The molecule has 0 spiro atoms. The van der Waals surface area contributed by atoms with Crippen molar-refractivity contribution < 1.29 is 19.1 Å². The quantitative estimate of drug-likeness (QED) is 0.463. The van der Waals surface area contributed by atoms with Crippen molar-refractivity contribution in [2.24, 2.45) is 0 Å². The van der Waals surface area contributed by atoms with Gasteiger partial charge in [0.15, 0.2) is 0 Å². The maximum Gasteiger partial charge on any atom is 0.430 e. The number of amides is 2. The normalized spacial score (nSPS) is 9.88. The number of rotatable bonds is 3. The van der Waals surface area contributed by atoms with E-state index in [1.165, 1.54) is 7.11 Å². The molecule has 0 aromatic heterocycles. The molecule has 0 aromatic carbocycles. The van der Waals surface area contributed by atoms with E-state index in [1.807, 2.05) is 0 Å². The van der Waals surface area contributed by atoms with Gasteiger partial charge in [-0.3, -0.25) is 0 Å². The summed E-state index contributed by atoms with van der Waals surface area (Å²) in [6.07, 6.45) is -1.66. The second-order valence-corrected chi connectivity index (χ2v) is 3.55. The Morgan fingerprint density at radius 2 is 1.56 bits per heavy atom. The number of carbonyl (C=O) groups excluding carboxylic acids is 2. The Balaban J connectivity index is 4.67. The van der Waals surface area contributed by atoms with Crippen LogP contribution < -0.4 is 0 Å². The first-order chi connectivity index (χ1) is 7.47. The monoisotopic (exact) mass is 268 g/mol. The van der Waals surface area contributed by atoms with Gasteiger partial charge < -0.3 is 9.47 Å². The van der Waals surface area contributed by atoms with Gasteiger partial charge in [-0.15, -0.1) is 0 Å². The fourth-order valence-corrected chi connectivity index (χ4v) is 1.37. The molecule has 2 amide bonds. The van der Waals surface area contributed by atoms with Gasteiger partial charge in [0.25, 0.3) is 0 Å². The fraction of sp³-hybridized carbons (Fsp3) is 0.750. The number of hydrogen-bond donors (Lipinski definition) is 2. The van der Waals surface area contributed by atoms with Gasteiger partial charge in [-0.2, -0.15) is 25.3 Å². The first kappa shape index (κ1) is 15.2. The van der Waals surface area contributed by atoms with Crippen LogP contribution in [0.25, 0.3) is 0 Å². The SMILES string of the molecule is COC(=O)N(CS)N(CS)C(=O)OC(C)C. The molecule has 0 saturated carbocycles. The maximum atomic E-state index is 11.6. The average molecular weight is 268 g/mol. The van der Waals surface area contributed by atoms with Crippen molar-refractivity contribution in [2.75, 3.05) is 18.9 Å². The summed E-state index contributed by atoms with van der Waals surface area (Å²) >= 11 is 7.87. The van der Waals surface area contributed by atoms with E-state index in [2.05, 4.69) is 30.0 Å². The number of thiol groups is 2. The number of hydrogen-bond acceptors (Lipinski definition) is 6. The molecule has 0 heterocycles. The Morgan fingerprint density at radius 1 is 1.12 bits per heavy atom. The lowest BCUT2D eigenvalue weighted by Gasteiger charge is -2.30. The topological polar surface area (TPSA) is 59.1 Å². The van der Waals surface area contributed by atoms with E-state index in [9.17, 15) is 9.59 Å². The Morgan fingerprint density at radius 3 is 1.88 bits per heavy atom. The van der Waals surface area contributed by atoms with Crippen LogP contribution in [0.3, 0.4) is 0 Å². The minimum atomic E-state index is -0.704. The number of carbonyl (C=O) groups is 2. The smallest absolute Gasteiger partial charge is 0.430 e. The molecule has 0 rings (SSSR count). The molecule has 0 saturated heterocycles. The van der Waals surface area contributed by atoms with E-state index in [0.717, 1.165) is 10.0 Å². The molecule has 8 heteroatoms. The standard InChI is InChI=1S/C8H16N2O4S2/c1-6(2)14-8(12)10(5-16)9(4-15)7(11)13-3/h6,15-16H,4-5H2,1-3H3. The van der Waals surface area contributed by atoms with E-state index in [1.54, 1.807) is 13.8 Å². The van der Waals surface area contributed by atoms with E-state index in [4.69, 9.17) is 4.74 Å². The Hall–Kier alpha value is -0.760. The van der Waals surface area contributed by atoms with Crippen LogP contribution in [0.2, 0.25) is 0 Å². The van der Waals surface area contributed by atoms with Crippen molar-refractivity contribution in [1.82, 2.24) is 10.0 Å². The highest BCUT2D eigenvalue weighted by Gasteiger charge is 2.26. The summed E-state index contributed by atoms with van der Waals surface area (Å²) in [6, 6.07) is 0. The third-order valence-corrected chi connectivity index (χ3v) is 2.03. The van der Waals surface area contributed by atoms with Crippen molar-refractivity contribution in [1.29, 1.82) is 0 Å². The van der Waals surface area contributed by atoms with Gasteiger partial charge in [0.2, 0.25) is 0 Å². The highest BCUT2D eigenvalue weighted by molar-refractivity contribution is 7.80. The lowest BCUT2D eigenvalue weighted by molar-refractivity contribution is -0.00364. The minimum Gasteiger partial charge on any atom is -0.451 e. The second-order valence-electron chi connectivity index (χ2n) is 2.98. The Labute approximate surface area is 106 Å². The molecule has 0 fully saturated rings. The number of methoxy groups -OCH3 is 1. The summed E-state index contributed by atoms with van der Waals surface area (Å²) in [7, 11) is 1.21. The summed E-state index contributed by atoms with van der Waals surface area (Å²) in [5, 5.41) is 1.99. The molecule has 0 radical (unpaired) electrons. The molecule has 0 N–H and O–H groups in total. The van der Waals surface area contributed by atoms with Crippen LogP contribution >= 0.6 is 25.3 Å². The summed E-state index contributed by atoms with van der Waals surface area (Å²) in [5.74, 6) is -0.0261. The van der Waals surface area contributed by atoms with Gasteiger partial charge in [0, 0.05) is 0 Å². The molecule has 0 unspecified atom stereocenters. The molecule has 0 aliphatic carbocycles. The molecule has 16 heavy (non-hydrogen) atoms. The number of hydrazine groups is 1. The molecule has 6 nitrogen and oxygen atoms in total. The molecular formula is C8H16N2O4S2. The van der Waals surface area contributed by atoms with Crippen LogP contribution in [0.4, 0.5) is 9.59 Å². The first-order valence-electron chi connectivity index (χ1n) is 4.53. The molecular weight excluding hydrogens is 252 g/mol. The third kappa shape index (κ3) is 4.40. The lowest BCUT2D eigenvalue weighted by Crippen LogP contribution is -2.49. The molecule has 94 valence electrons. The van der Waals surface area contributed by atoms with E-state index in [0.29, 0.717) is 0 Å². The van der Waals surface area contributed by atoms with Crippen molar-refractivity contribution >= 4 is 37.4 Å². The number of nitrogens with zero attached hydrogens (tertiary/aromatic N) is 2. The van der Waals surface area contributed by atoms with Gasteiger partial charge in [0.1, 0.15) is 0 Å². The molecule has 0 bridgehead atoms. The van der Waals surface area contributed by atoms with Crippen molar-refractivity contribution in [2.45, 2.75) is 20.0 Å². The van der Waals surface area contributed by atoms with Gasteiger partial charge in [-0.05, 0) is 13.8 Å². The largest absolute Gasteiger partial charge is 0.451 e. The zero-order chi connectivity index (χ0) is 12.7. The summed E-state index contributed by atoms with van der Waals surface area (Å²) in [5.41, 5.74) is 0. The van der Waals surface area contributed by atoms with Crippen LogP contribution in [0.15, 0.2) is 0 Å². The lowest BCUT2D eigenvalue weighted by atomic mass is 10.5. The number of ether oxygens (including phenoxy) is 2. The van der Waals surface area contributed by atoms with Gasteiger partial charge in [0.05, 0.1) is 25.0 Å². The second kappa shape index (κ2) is 7.50. The van der Waals surface area contributed by atoms with Crippen molar-refractivity contribution in [3.8, 4) is 0 Å². The summed E-state index contributed by atoms with van der Waals surface area (Å²) in [4.78, 5) is 22.9. The predicted molar refractivity (Wildman–Crippen MR) is 65.4 cm³/mol. The maximum absolute atomic E-state index is 11.6. The van der Waals surface area contributed by atoms with Gasteiger partial charge in [-0.1, -0.05) is 0 Å². The minimum absolute atomic E-state index is 0.0127. The van der Waals surface area contributed by atoms with Crippen LogP contribution in [0, 0.1) is 0 Å². The van der Waals surface area contributed by atoms with E-state index >= 15 is 0 Å². The van der Waals surface area contributed by atoms with E-state index < -0.39 is 12.2 Å². The van der Waals surface area contributed by atoms with Crippen LogP contribution in [0.5, 0.6) is 0 Å². The highest BCUT2D eigenvalue weighted by atomic mass is 32.1. The zero-order valence-electron chi connectivity index (χ0n) is 9.41. The molecule has 0 atom stereocenters. The van der Waals surface area contributed by atoms with Crippen molar-refractivity contribution in [3.05, 3.63) is 0 Å². The molecule has 0 aromatic rings. The Bertz CT molecular complexity index is 250. The van der Waals surface area contributed by atoms with Gasteiger partial charge >= 0.3 is 12.2 Å². The summed E-state index contributed by atoms with van der Waals surface area (Å²) in [6.45, 7) is 3.41. The molecule has 0 aliphatic heterocycles. The Kier molecular flexibility index (Phi) is 7.15. The molecule has 0 aliphatic rings.